The third kappa shape index (κ3) is 5.15. The van der Waals surface area contributed by atoms with E-state index in [-0.39, 0.29) is 17.5 Å². The number of rotatable bonds is 7. The molecule has 20 heavy (non-hydrogen) atoms. The van der Waals surface area contributed by atoms with Gasteiger partial charge >= 0.3 is 0 Å². The lowest BCUT2D eigenvalue weighted by atomic mass is 9.93. The van der Waals surface area contributed by atoms with E-state index in [0.717, 1.165) is 18.7 Å². The maximum atomic E-state index is 13.5. The zero-order valence-corrected chi connectivity index (χ0v) is 12.6. The van der Waals surface area contributed by atoms with Gasteiger partial charge in [-0.25, -0.2) is 8.78 Å². The second-order valence-corrected chi connectivity index (χ2v) is 6.18. The first-order valence-corrected chi connectivity index (χ1v) is 6.70. The highest BCUT2D eigenvalue weighted by Gasteiger charge is 2.21. The van der Waals surface area contributed by atoms with Crippen molar-refractivity contribution in [2.45, 2.75) is 20.0 Å². The molecule has 1 aromatic rings. The summed E-state index contributed by atoms with van der Waals surface area (Å²) in [5, 5.41) is 13.0. The van der Waals surface area contributed by atoms with Gasteiger partial charge in [0.15, 0.2) is 0 Å². The average molecular weight is 286 g/mol. The fraction of sp³-hybridized carbons (Fsp3) is 0.600. The predicted octanol–water partition coefficient (Wildman–Crippen LogP) is 2.18. The number of hydrogen-bond donors (Lipinski definition) is 2. The zero-order chi connectivity index (χ0) is 15.3. The maximum absolute atomic E-state index is 13.5. The van der Waals surface area contributed by atoms with Crippen molar-refractivity contribution in [3.05, 3.63) is 35.4 Å². The van der Waals surface area contributed by atoms with Crippen LogP contribution in [0, 0.1) is 17.0 Å². The molecule has 0 saturated heterocycles. The Morgan fingerprint density at radius 1 is 1.25 bits per heavy atom. The van der Waals surface area contributed by atoms with Crippen LogP contribution in [-0.2, 0) is 0 Å². The van der Waals surface area contributed by atoms with Crippen LogP contribution >= 0.6 is 0 Å². The SMILES string of the molecule is CN(C)CC(C)(C)CNCC(O)c1c(F)cccc1F. The van der Waals surface area contributed by atoms with E-state index >= 15 is 0 Å². The van der Waals surface area contributed by atoms with E-state index in [2.05, 4.69) is 24.1 Å². The van der Waals surface area contributed by atoms with Crippen molar-refractivity contribution in [3.63, 3.8) is 0 Å². The fourth-order valence-electron chi connectivity index (χ4n) is 2.39. The van der Waals surface area contributed by atoms with Gasteiger partial charge in [-0.15, -0.1) is 0 Å². The average Bonchev–Trinajstić information content (AvgIpc) is 2.26. The van der Waals surface area contributed by atoms with Gasteiger partial charge in [-0.3, -0.25) is 0 Å². The molecular formula is C15H24F2N2O. The minimum absolute atomic E-state index is 0.0109. The van der Waals surface area contributed by atoms with Crippen LogP contribution in [-0.4, -0.2) is 43.7 Å². The Hall–Kier alpha value is -1.04. The molecule has 1 unspecified atom stereocenters. The minimum Gasteiger partial charge on any atom is -0.387 e. The topological polar surface area (TPSA) is 35.5 Å². The maximum Gasteiger partial charge on any atom is 0.131 e. The van der Waals surface area contributed by atoms with Gasteiger partial charge in [0.1, 0.15) is 11.6 Å². The van der Waals surface area contributed by atoms with Crippen LogP contribution in [0.15, 0.2) is 18.2 Å². The molecule has 3 nitrogen and oxygen atoms in total. The molecule has 0 spiro atoms. The van der Waals surface area contributed by atoms with Gasteiger partial charge in [-0.1, -0.05) is 19.9 Å². The summed E-state index contributed by atoms with van der Waals surface area (Å²) in [4.78, 5) is 2.08. The normalized spacial score (nSPS) is 13.8. The number of aliphatic hydroxyl groups is 1. The lowest BCUT2D eigenvalue weighted by Gasteiger charge is -2.29. The number of nitrogens with one attached hydrogen (secondary N) is 1. The molecule has 2 N–H and O–H groups in total. The highest BCUT2D eigenvalue weighted by molar-refractivity contribution is 5.22. The molecule has 0 aliphatic heterocycles. The van der Waals surface area contributed by atoms with Gasteiger partial charge in [0.2, 0.25) is 0 Å². The first kappa shape index (κ1) is 17.0. The van der Waals surface area contributed by atoms with E-state index in [4.69, 9.17) is 0 Å². The Morgan fingerprint density at radius 3 is 2.30 bits per heavy atom. The summed E-state index contributed by atoms with van der Waals surface area (Å²) < 4.78 is 27.0. The molecule has 0 amide bonds. The molecule has 0 radical (unpaired) electrons. The summed E-state index contributed by atoms with van der Waals surface area (Å²) >= 11 is 0. The number of halogens is 2. The van der Waals surface area contributed by atoms with Gasteiger partial charge in [-0.05, 0) is 31.6 Å². The van der Waals surface area contributed by atoms with E-state index in [0.29, 0.717) is 6.54 Å². The van der Waals surface area contributed by atoms with E-state index in [1.165, 1.54) is 6.07 Å². The molecule has 0 bridgehead atoms. The molecule has 1 atom stereocenters. The van der Waals surface area contributed by atoms with Crippen LogP contribution in [0.3, 0.4) is 0 Å². The van der Waals surface area contributed by atoms with Gasteiger partial charge < -0.3 is 15.3 Å². The molecule has 5 heteroatoms. The Labute approximate surface area is 119 Å². The van der Waals surface area contributed by atoms with Gasteiger partial charge in [0.05, 0.1) is 11.7 Å². The largest absolute Gasteiger partial charge is 0.387 e. The smallest absolute Gasteiger partial charge is 0.131 e. The van der Waals surface area contributed by atoms with Gasteiger partial charge in [0, 0.05) is 19.6 Å². The second kappa shape index (κ2) is 7.11. The van der Waals surface area contributed by atoms with Crippen LogP contribution in [0.1, 0.15) is 25.5 Å². The fourth-order valence-corrected chi connectivity index (χ4v) is 2.39. The molecule has 0 aliphatic rings. The van der Waals surface area contributed by atoms with E-state index in [1.54, 1.807) is 0 Å². The summed E-state index contributed by atoms with van der Waals surface area (Å²) in [7, 11) is 3.98. The zero-order valence-electron chi connectivity index (χ0n) is 12.6. The Kier molecular flexibility index (Phi) is 6.05. The standard InChI is InChI=1S/C15H24F2N2O/c1-15(2,10-19(3)4)9-18-8-13(20)14-11(16)6-5-7-12(14)17/h5-7,13,18,20H,8-10H2,1-4H3. The Bertz CT molecular complexity index is 416. The van der Waals surface area contributed by atoms with Gasteiger partial charge in [-0.2, -0.15) is 0 Å². The van der Waals surface area contributed by atoms with Crippen molar-refractivity contribution in [1.82, 2.24) is 10.2 Å². The number of aliphatic hydroxyl groups excluding tert-OH is 1. The van der Waals surface area contributed by atoms with Crippen molar-refractivity contribution < 1.29 is 13.9 Å². The molecule has 0 saturated carbocycles. The Morgan fingerprint density at radius 2 is 1.80 bits per heavy atom. The molecule has 0 aliphatic carbocycles. The highest BCUT2D eigenvalue weighted by atomic mass is 19.1. The summed E-state index contributed by atoms with van der Waals surface area (Å²) in [6.45, 7) is 5.84. The monoisotopic (exact) mass is 286 g/mol. The van der Waals surface area contributed by atoms with Crippen LogP contribution in [0.4, 0.5) is 8.78 Å². The molecule has 1 rings (SSSR count). The van der Waals surface area contributed by atoms with Crippen molar-refractivity contribution in [2.75, 3.05) is 33.7 Å². The summed E-state index contributed by atoms with van der Waals surface area (Å²) in [6.07, 6.45) is -1.19. The van der Waals surface area contributed by atoms with E-state index in [1.807, 2.05) is 14.1 Å². The number of benzene rings is 1. The molecule has 114 valence electrons. The number of nitrogens with zero attached hydrogens (tertiary/aromatic N) is 1. The van der Waals surface area contributed by atoms with E-state index in [9.17, 15) is 13.9 Å². The third-order valence-corrected chi connectivity index (χ3v) is 3.02. The predicted molar refractivity (Wildman–Crippen MR) is 76.5 cm³/mol. The third-order valence-electron chi connectivity index (χ3n) is 3.02. The summed E-state index contributed by atoms with van der Waals surface area (Å²) in [6, 6.07) is 3.59. The summed E-state index contributed by atoms with van der Waals surface area (Å²) in [5.41, 5.74) is -0.262. The number of hydrogen-bond acceptors (Lipinski definition) is 3. The van der Waals surface area contributed by atoms with Crippen LogP contribution in [0.2, 0.25) is 0 Å². The first-order chi connectivity index (χ1) is 9.23. The minimum atomic E-state index is -1.19. The van der Waals surface area contributed by atoms with Crippen molar-refractivity contribution >= 4 is 0 Å². The highest BCUT2D eigenvalue weighted by Crippen LogP contribution is 2.20. The van der Waals surface area contributed by atoms with Gasteiger partial charge in [0.25, 0.3) is 0 Å². The molecular weight excluding hydrogens is 262 g/mol. The quantitative estimate of drug-likeness (QED) is 0.806. The molecule has 0 aromatic heterocycles. The van der Waals surface area contributed by atoms with Crippen LogP contribution < -0.4 is 5.32 Å². The second-order valence-electron chi connectivity index (χ2n) is 6.18. The summed E-state index contributed by atoms with van der Waals surface area (Å²) in [5.74, 6) is -1.43. The lowest BCUT2D eigenvalue weighted by molar-refractivity contribution is 0.154. The van der Waals surface area contributed by atoms with Crippen LogP contribution in [0.25, 0.3) is 0 Å². The van der Waals surface area contributed by atoms with E-state index < -0.39 is 17.7 Å². The van der Waals surface area contributed by atoms with Crippen molar-refractivity contribution in [2.24, 2.45) is 5.41 Å². The lowest BCUT2D eigenvalue weighted by Crippen LogP contribution is -2.39. The molecule has 1 aromatic carbocycles. The molecule has 0 heterocycles. The Balaban J connectivity index is 2.54. The molecule has 0 fully saturated rings. The first-order valence-electron chi connectivity index (χ1n) is 6.70. The van der Waals surface area contributed by atoms with Crippen molar-refractivity contribution in [1.29, 1.82) is 0 Å². The van der Waals surface area contributed by atoms with Crippen LogP contribution in [0.5, 0.6) is 0 Å². The van der Waals surface area contributed by atoms with Crippen molar-refractivity contribution in [3.8, 4) is 0 Å².